The van der Waals surface area contributed by atoms with Gasteiger partial charge in [0.15, 0.2) is 0 Å². The minimum Gasteiger partial charge on any atom is -0.462 e. The summed E-state index contributed by atoms with van der Waals surface area (Å²) in [5, 5.41) is 0.684. The van der Waals surface area contributed by atoms with Crippen LogP contribution in [0, 0.1) is 13.8 Å². The number of esters is 1. The fourth-order valence-corrected chi connectivity index (χ4v) is 4.86. The standard InChI is InChI=1S/C25H29FN3O4S/c1-6-33-25(30)18-8-10-23-22(13-18)24(17(3)29(23)15-19(26)11-12-27)21-14-20(9-7-16(21)2)34(31,32)28(4)5/h7-11,13-14,27H,6,12,15H2,1-5H3/b19-11-. The van der Waals surface area contributed by atoms with Gasteiger partial charge < -0.3 is 9.30 Å². The molecule has 2 aromatic carbocycles. The van der Waals surface area contributed by atoms with Crippen molar-refractivity contribution in [3.63, 3.8) is 0 Å². The number of sulfonamides is 1. The number of nitrogens with zero attached hydrogens (tertiary/aromatic N) is 2. The van der Waals surface area contributed by atoms with Crippen molar-refractivity contribution in [2.24, 2.45) is 0 Å². The van der Waals surface area contributed by atoms with Gasteiger partial charge in [0, 0.05) is 42.8 Å². The number of allylic oxidation sites excluding steroid dienone is 1. The van der Waals surface area contributed by atoms with Crippen molar-refractivity contribution >= 4 is 26.9 Å². The van der Waals surface area contributed by atoms with Crippen LogP contribution in [0.2, 0.25) is 0 Å². The molecule has 3 rings (SSSR count). The molecule has 0 atom stereocenters. The van der Waals surface area contributed by atoms with E-state index in [1.807, 2.05) is 13.8 Å². The molecule has 181 valence electrons. The van der Waals surface area contributed by atoms with E-state index in [9.17, 15) is 17.6 Å². The summed E-state index contributed by atoms with van der Waals surface area (Å²) in [6.07, 6.45) is 1.20. The van der Waals surface area contributed by atoms with Crippen molar-refractivity contribution in [2.75, 3.05) is 27.2 Å². The number of rotatable bonds is 8. The zero-order valence-electron chi connectivity index (χ0n) is 20.0. The molecule has 1 aromatic heterocycles. The Balaban J connectivity index is 2.35. The maximum Gasteiger partial charge on any atom is 0.338 e. The highest BCUT2D eigenvalue weighted by Crippen LogP contribution is 2.38. The molecule has 0 fully saturated rings. The van der Waals surface area contributed by atoms with Gasteiger partial charge in [-0.3, -0.25) is 5.73 Å². The summed E-state index contributed by atoms with van der Waals surface area (Å²) in [5.74, 6) is -0.918. The molecule has 7 nitrogen and oxygen atoms in total. The third-order valence-electron chi connectivity index (χ3n) is 5.72. The van der Waals surface area contributed by atoms with E-state index < -0.39 is 21.8 Å². The van der Waals surface area contributed by atoms with Gasteiger partial charge in [-0.15, -0.1) is 0 Å². The average Bonchev–Trinajstić information content (AvgIpc) is 3.04. The molecule has 0 amide bonds. The summed E-state index contributed by atoms with van der Waals surface area (Å²) in [6.45, 7) is 5.42. The van der Waals surface area contributed by atoms with Crippen LogP contribution < -0.4 is 5.73 Å². The molecule has 9 heteroatoms. The summed E-state index contributed by atoms with van der Waals surface area (Å²) < 4.78 is 48.1. The first-order valence-corrected chi connectivity index (χ1v) is 12.3. The van der Waals surface area contributed by atoms with Gasteiger partial charge in [0.05, 0.1) is 23.6 Å². The van der Waals surface area contributed by atoms with E-state index in [0.29, 0.717) is 33.3 Å². The Kier molecular flexibility index (Phi) is 7.60. The third-order valence-corrected chi connectivity index (χ3v) is 7.54. The van der Waals surface area contributed by atoms with Crippen LogP contribution in [0.25, 0.3) is 22.0 Å². The molecular formula is C25H29FN3O4S. The number of carbonyl (C=O) groups excluding carboxylic acids is 1. The molecule has 0 saturated carbocycles. The first-order valence-electron chi connectivity index (χ1n) is 10.9. The van der Waals surface area contributed by atoms with Gasteiger partial charge in [-0.2, -0.15) is 0 Å². The van der Waals surface area contributed by atoms with Gasteiger partial charge in [-0.05, 0) is 68.3 Å². The maximum absolute atomic E-state index is 14.5. The van der Waals surface area contributed by atoms with Gasteiger partial charge in [0.25, 0.3) is 0 Å². The van der Waals surface area contributed by atoms with Crippen LogP contribution in [0.15, 0.2) is 53.2 Å². The zero-order chi connectivity index (χ0) is 25.2. The smallest absolute Gasteiger partial charge is 0.338 e. The molecular weight excluding hydrogens is 457 g/mol. The molecule has 0 spiro atoms. The molecule has 34 heavy (non-hydrogen) atoms. The van der Waals surface area contributed by atoms with Crippen LogP contribution in [0.5, 0.6) is 0 Å². The predicted molar refractivity (Wildman–Crippen MR) is 131 cm³/mol. The second kappa shape index (κ2) is 10.1. The highest BCUT2D eigenvalue weighted by atomic mass is 32.2. The highest BCUT2D eigenvalue weighted by molar-refractivity contribution is 7.89. The Morgan fingerprint density at radius 3 is 2.50 bits per heavy atom. The summed E-state index contributed by atoms with van der Waals surface area (Å²) in [6, 6.07) is 9.98. The number of hydrogen-bond acceptors (Lipinski definition) is 4. The van der Waals surface area contributed by atoms with Crippen LogP contribution in [-0.2, 0) is 21.3 Å². The molecule has 0 saturated heterocycles. The van der Waals surface area contributed by atoms with Gasteiger partial charge >= 0.3 is 5.97 Å². The topological polar surface area (TPSA) is 92.4 Å². The van der Waals surface area contributed by atoms with Gasteiger partial charge in [-0.1, -0.05) is 6.07 Å². The van der Waals surface area contributed by atoms with Crippen molar-refractivity contribution in [1.82, 2.24) is 14.6 Å². The molecule has 1 N–H and O–H groups in total. The fourth-order valence-electron chi connectivity index (χ4n) is 3.94. The maximum atomic E-state index is 14.5. The Morgan fingerprint density at radius 1 is 1.18 bits per heavy atom. The number of aryl methyl sites for hydroxylation is 1. The van der Waals surface area contributed by atoms with Crippen molar-refractivity contribution in [3.8, 4) is 11.1 Å². The summed E-state index contributed by atoms with van der Waals surface area (Å²) in [7, 11) is -0.734. The number of ether oxygens (including phenoxy) is 1. The quantitative estimate of drug-likeness (QED) is 0.439. The van der Waals surface area contributed by atoms with E-state index in [4.69, 9.17) is 10.5 Å². The van der Waals surface area contributed by atoms with Gasteiger partial charge in [0.1, 0.15) is 5.83 Å². The number of nitrogens with one attached hydrogen (secondary N) is 1. The van der Waals surface area contributed by atoms with E-state index in [-0.39, 0.29) is 24.6 Å². The highest BCUT2D eigenvalue weighted by Gasteiger charge is 2.23. The average molecular weight is 487 g/mol. The van der Waals surface area contributed by atoms with Crippen LogP contribution >= 0.6 is 0 Å². The van der Waals surface area contributed by atoms with Crippen LogP contribution in [-0.4, -0.2) is 50.5 Å². The molecule has 0 unspecified atom stereocenters. The van der Waals surface area contributed by atoms with E-state index in [2.05, 4.69) is 0 Å². The van der Waals surface area contributed by atoms with Crippen LogP contribution in [0.4, 0.5) is 4.39 Å². The molecule has 3 aromatic rings. The normalized spacial score (nSPS) is 12.5. The minimum atomic E-state index is -3.68. The second-order valence-corrected chi connectivity index (χ2v) is 10.3. The number of carbonyl (C=O) groups is 1. The monoisotopic (exact) mass is 486 g/mol. The summed E-state index contributed by atoms with van der Waals surface area (Å²) in [5.41, 5.74) is 11.3. The molecule has 1 heterocycles. The molecule has 1 radical (unpaired) electrons. The SMILES string of the molecule is CCOC(=O)c1ccc2c(c1)c(-c1cc(S(=O)(=O)N(C)C)ccc1C)c(C)n2C/C(F)=C/C[NH]. The van der Waals surface area contributed by atoms with Crippen molar-refractivity contribution < 1.29 is 22.3 Å². The van der Waals surface area contributed by atoms with Crippen molar-refractivity contribution in [3.05, 3.63) is 65.1 Å². The lowest BCUT2D eigenvalue weighted by Gasteiger charge is -2.14. The zero-order valence-corrected chi connectivity index (χ0v) is 20.8. The van der Waals surface area contributed by atoms with E-state index in [0.717, 1.165) is 9.87 Å². The minimum absolute atomic E-state index is 0.0747. The van der Waals surface area contributed by atoms with Gasteiger partial charge in [-0.25, -0.2) is 21.9 Å². The Hall–Kier alpha value is -3.01. The first-order chi connectivity index (χ1) is 16.0. The van der Waals surface area contributed by atoms with Crippen LogP contribution in [0.3, 0.4) is 0 Å². The first kappa shape index (κ1) is 25.6. The van der Waals surface area contributed by atoms with E-state index >= 15 is 0 Å². The Morgan fingerprint density at radius 2 is 1.88 bits per heavy atom. The largest absolute Gasteiger partial charge is 0.462 e. The van der Waals surface area contributed by atoms with Gasteiger partial charge in [0.2, 0.25) is 10.0 Å². The lowest BCUT2D eigenvalue weighted by molar-refractivity contribution is 0.0526. The lowest BCUT2D eigenvalue weighted by atomic mass is 9.97. The van der Waals surface area contributed by atoms with Crippen LogP contribution in [0.1, 0.15) is 28.5 Å². The lowest BCUT2D eigenvalue weighted by Crippen LogP contribution is -2.22. The molecule has 0 aliphatic heterocycles. The Labute approximate surface area is 199 Å². The predicted octanol–water partition coefficient (Wildman–Crippen LogP) is 4.49. The van der Waals surface area contributed by atoms with E-state index in [1.165, 1.54) is 20.2 Å². The summed E-state index contributed by atoms with van der Waals surface area (Å²) >= 11 is 0. The summed E-state index contributed by atoms with van der Waals surface area (Å²) in [4.78, 5) is 12.6. The number of fused-ring (bicyclic) bond motifs is 1. The number of aromatic nitrogens is 1. The molecule has 0 aliphatic rings. The van der Waals surface area contributed by atoms with E-state index in [1.54, 1.807) is 47.9 Å². The Bertz CT molecular complexity index is 1370. The van der Waals surface area contributed by atoms with Crippen molar-refractivity contribution in [2.45, 2.75) is 32.2 Å². The number of benzene rings is 2. The van der Waals surface area contributed by atoms with Crippen molar-refractivity contribution in [1.29, 1.82) is 0 Å². The number of halogens is 1. The molecule has 0 aliphatic carbocycles. The third kappa shape index (κ3) is 4.77. The fraction of sp³-hybridized carbons (Fsp3) is 0.320. The number of hydrogen-bond donors (Lipinski definition) is 0. The second-order valence-electron chi connectivity index (χ2n) is 8.12. The molecule has 0 bridgehead atoms.